The molecule has 16 heavy (non-hydrogen) atoms. The summed E-state index contributed by atoms with van der Waals surface area (Å²) in [7, 11) is 0. The van der Waals surface area contributed by atoms with Crippen molar-refractivity contribution in [3.8, 4) is 16.2 Å². The first-order chi connectivity index (χ1) is 7.84. The van der Waals surface area contributed by atoms with E-state index in [-0.39, 0.29) is 5.78 Å². The lowest BCUT2D eigenvalue weighted by atomic mass is 10.0. The minimum atomic E-state index is 0.180. The van der Waals surface area contributed by atoms with Crippen LogP contribution in [0.1, 0.15) is 16.8 Å². The van der Waals surface area contributed by atoms with E-state index in [0.29, 0.717) is 18.6 Å². The van der Waals surface area contributed by atoms with Gasteiger partial charge in [-0.05, 0) is 29.1 Å². The van der Waals surface area contributed by atoms with Crippen LogP contribution in [-0.4, -0.2) is 12.4 Å². The molecule has 3 heteroatoms. The third-order valence-electron chi connectivity index (χ3n) is 2.67. The van der Waals surface area contributed by atoms with Crippen LogP contribution in [0.4, 0.5) is 0 Å². The number of hydrogen-bond donors (Lipinski definition) is 0. The normalized spacial score (nSPS) is 14.4. The lowest BCUT2D eigenvalue weighted by Crippen LogP contribution is -2.14. The van der Waals surface area contributed by atoms with Crippen molar-refractivity contribution < 1.29 is 9.53 Å². The average Bonchev–Trinajstić information content (AvgIpc) is 2.82. The molecule has 0 amide bonds. The maximum atomic E-state index is 11.6. The SMILES string of the molecule is O=C1CCOc2cc(-c3cccs3)ccc21. The van der Waals surface area contributed by atoms with Gasteiger partial charge >= 0.3 is 0 Å². The Morgan fingerprint density at radius 3 is 3.00 bits per heavy atom. The predicted molar refractivity (Wildman–Crippen MR) is 64.2 cm³/mol. The van der Waals surface area contributed by atoms with Crippen LogP contribution in [0.25, 0.3) is 10.4 Å². The van der Waals surface area contributed by atoms with Crippen LogP contribution in [0.15, 0.2) is 35.7 Å². The molecule has 0 fully saturated rings. The third-order valence-corrected chi connectivity index (χ3v) is 3.59. The number of Topliss-reactive ketones (excluding diaryl/α,β-unsaturated/α-hetero) is 1. The van der Waals surface area contributed by atoms with Crippen LogP contribution in [0.5, 0.6) is 5.75 Å². The van der Waals surface area contributed by atoms with Gasteiger partial charge in [-0.25, -0.2) is 0 Å². The van der Waals surface area contributed by atoms with E-state index >= 15 is 0 Å². The quantitative estimate of drug-likeness (QED) is 0.750. The minimum Gasteiger partial charge on any atom is -0.492 e. The van der Waals surface area contributed by atoms with Crippen LogP contribution in [-0.2, 0) is 0 Å². The number of fused-ring (bicyclic) bond motifs is 1. The molecule has 0 saturated carbocycles. The monoisotopic (exact) mass is 230 g/mol. The largest absolute Gasteiger partial charge is 0.492 e. The highest BCUT2D eigenvalue weighted by molar-refractivity contribution is 7.13. The van der Waals surface area contributed by atoms with E-state index in [1.54, 1.807) is 11.3 Å². The summed E-state index contributed by atoms with van der Waals surface area (Å²) in [5, 5.41) is 2.04. The molecule has 3 rings (SSSR count). The van der Waals surface area contributed by atoms with Gasteiger partial charge in [0, 0.05) is 11.3 Å². The topological polar surface area (TPSA) is 26.3 Å². The Morgan fingerprint density at radius 2 is 2.19 bits per heavy atom. The molecule has 2 heterocycles. The van der Waals surface area contributed by atoms with E-state index in [2.05, 4.69) is 6.07 Å². The molecule has 0 spiro atoms. The standard InChI is InChI=1S/C13H10O2S/c14-11-5-6-15-12-8-9(3-4-10(11)12)13-2-1-7-16-13/h1-4,7-8H,5-6H2. The zero-order chi connectivity index (χ0) is 11.0. The van der Waals surface area contributed by atoms with Gasteiger partial charge in [0.1, 0.15) is 5.75 Å². The average molecular weight is 230 g/mol. The predicted octanol–water partition coefficient (Wildman–Crippen LogP) is 3.38. The first kappa shape index (κ1) is 9.60. The molecule has 0 unspecified atom stereocenters. The second-order valence-corrected chi connectivity index (χ2v) is 4.66. The summed E-state index contributed by atoms with van der Waals surface area (Å²) in [6.07, 6.45) is 0.491. The van der Waals surface area contributed by atoms with Crippen LogP contribution < -0.4 is 4.74 Å². The number of thiophene rings is 1. The molecule has 0 N–H and O–H groups in total. The van der Waals surface area contributed by atoms with E-state index < -0.39 is 0 Å². The number of ether oxygens (including phenoxy) is 1. The Bertz CT molecular complexity index is 529. The summed E-state index contributed by atoms with van der Waals surface area (Å²) in [5.41, 5.74) is 1.83. The van der Waals surface area contributed by atoms with Gasteiger partial charge in [0.25, 0.3) is 0 Å². The van der Waals surface area contributed by atoms with E-state index in [1.807, 2.05) is 29.6 Å². The van der Waals surface area contributed by atoms with Crippen LogP contribution >= 0.6 is 11.3 Å². The highest BCUT2D eigenvalue weighted by Gasteiger charge is 2.18. The van der Waals surface area contributed by atoms with Gasteiger partial charge in [0.05, 0.1) is 12.2 Å². The number of carbonyl (C=O) groups excluding carboxylic acids is 1. The smallest absolute Gasteiger partial charge is 0.169 e. The Balaban J connectivity index is 2.08. The molecular formula is C13H10O2S. The molecule has 80 valence electrons. The van der Waals surface area contributed by atoms with Gasteiger partial charge in [0.15, 0.2) is 5.78 Å². The Hall–Kier alpha value is -1.61. The van der Waals surface area contributed by atoms with E-state index in [0.717, 1.165) is 11.3 Å². The van der Waals surface area contributed by atoms with Crippen molar-refractivity contribution >= 4 is 17.1 Å². The second kappa shape index (κ2) is 3.76. The molecule has 1 aliphatic rings. The lowest BCUT2D eigenvalue weighted by Gasteiger charge is -2.16. The molecule has 2 aromatic rings. The molecule has 0 bridgehead atoms. The van der Waals surface area contributed by atoms with Gasteiger partial charge in [-0.3, -0.25) is 4.79 Å². The van der Waals surface area contributed by atoms with Crippen molar-refractivity contribution in [2.45, 2.75) is 6.42 Å². The fraction of sp³-hybridized carbons (Fsp3) is 0.154. The molecule has 1 aromatic carbocycles. The van der Waals surface area contributed by atoms with Gasteiger partial charge < -0.3 is 4.74 Å². The van der Waals surface area contributed by atoms with E-state index in [9.17, 15) is 4.79 Å². The van der Waals surface area contributed by atoms with Crippen molar-refractivity contribution in [1.82, 2.24) is 0 Å². The maximum Gasteiger partial charge on any atom is 0.169 e. The van der Waals surface area contributed by atoms with Crippen molar-refractivity contribution in [3.05, 3.63) is 41.3 Å². The highest BCUT2D eigenvalue weighted by atomic mass is 32.1. The van der Waals surface area contributed by atoms with Crippen LogP contribution in [0.2, 0.25) is 0 Å². The van der Waals surface area contributed by atoms with Crippen LogP contribution in [0.3, 0.4) is 0 Å². The number of hydrogen-bond acceptors (Lipinski definition) is 3. The molecule has 0 atom stereocenters. The number of rotatable bonds is 1. The first-order valence-electron chi connectivity index (χ1n) is 5.18. The molecular weight excluding hydrogens is 220 g/mol. The summed E-state index contributed by atoms with van der Waals surface area (Å²) in [4.78, 5) is 12.8. The molecule has 0 radical (unpaired) electrons. The number of ketones is 1. The molecule has 0 aliphatic carbocycles. The van der Waals surface area contributed by atoms with E-state index in [4.69, 9.17) is 4.74 Å². The van der Waals surface area contributed by atoms with Gasteiger partial charge in [0.2, 0.25) is 0 Å². The van der Waals surface area contributed by atoms with Gasteiger partial charge in [-0.15, -0.1) is 11.3 Å². The van der Waals surface area contributed by atoms with Gasteiger partial charge in [-0.1, -0.05) is 12.1 Å². The third kappa shape index (κ3) is 1.53. The zero-order valence-electron chi connectivity index (χ0n) is 8.60. The second-order valence-electron chi connectivity index (χ2n) is 3.71. The van der Waals surface area contributed by atoms with E-state index in [1.165, 1.54) is 4.88 Å². The fourth-order valence-corrected chi connectivity index (χ4v) is 2.58. The van der Waals surface area contributed by atoms with Crippen LogP contribution in [0, 0.1) is 0 Å². The molecule has 1 aliphatic heterocycles. The summed E-state index contributed by atoms with van der Waals surface area (Å²) in [5.74, 6) is 0.904. The number of benzene rings is 1. The Labute approximate surface area is 97.5 Å². The maximum absolute atomic E-state index is 11.6. The Kier molecular flexibility index (Phi) is 2.26. The zero-order valence-corrected chi connectivity index (χ0v) is 9.42. The Morgan fingerprint density at radius 1 is 1.25 bits per heavy atom. The summed E-state index contributed by atoms with van der Waals surface area (Å²) in [6.45, 7) is 0.500. The first-order valence-corrected chi connectivity index (χ1v) is 6.06. The van der Waals surface area contributed by atoms with Crippen molar-refractivity contribution in [3.63, 3.8) is 0 Å². The van der Waals surface area contributed by atoms with Crippen molar-refractivity contribution in [2.24, 2.45) is 0 Å². The summed E-state index contributed by atoms with van der Waals surface area (Å²) >= 11 is 1.69. The van der Waals surface area contributed by atoms with Gasteiger partial charge in [-0.2, -0.15) is 0 Å². The summed E-state index contributed by atoms with van der Waals surface area (Å²) in [6, 6.07) is 9.89. The number of carbonyl (C=O) groups is 1. The van der Waals surface area contributed by atoms with Crippen molar-refractivity contribution in [2.75, 3.05) is 6.61 Å². The molecule has 1 aromatic heterocycles. The fourth-order valence-electron chi connectivity index (χ4n) is 1.86. The van der Waals surface area contributed by atoms with Crippen molar-refractivity contribution in [1.29, 1.82) is 0 Å². The minimum absolute atomic E-state index is 0.180. The molecule has 0 saturated heterocycles. The highest BCUT2D eigenvalue weighted by Crippen LogP contribution is 2.32. The lowest BCUT2D eigenvalue weighted by molar-refractivity contribution is 0.0933. The summed E-state index contributed by atoms with van der Waals surface area (Å²) < 4.78 is 5.52. The molecule has 2 nitrogen and oxygen atoms in total.